The molecule has 0 fully saturated rings. The van der Waals surface area contributed by atoms with Gasteiger partial charge in [-0.25, -0.2) is 0 Å². The van der Waals surface area contributed by atoms with E-state index in [1.165, 1.54) is 32.1 Å². The molecule has 0 spiro atoms. The molecule has 0 amide bonds. The molecular weight excluding hydrogens is 781 g/mol. The molecule has 0 aromatic carbocycles. The van der Waals surface area contributed by atoms with Crippen molar-refractivity contribution in [2.45, 2.75) is 207 Å². The molecular formula is C57H90O6. The Balaban J connectivity index is 4.32. The van der Waals surface area contributed by atoms with E-state index in [2.05, 4.69) is 130 Å². The first-order chi connectivity index (χ1) is 31.0. The fourth-order valence-electron chi connectivity index (χ4n) is 6.28. The highest BCUT2D eigenvalue weighted by molar-refractivity contribution is 5.71. The van der Waals surface area contributed by atoms with Gasteiger partial charge in [-0.15, -0.1) is 0 Å². The van der Waals surface area contributed by atoms with E-state index in [4.69, 9.17) is 14.2 Å². The summed E-state index contributed by atoms with van der Waals surface area (Å²) in [5.74, 6) is -1.03. The standard InChI is InChI=1S/C57H90O6/c1-4-7-10-13-15-17-19-21-23-25-27-28-30-31-33-35-37-39-41-44-47-50-56(59)62-53-54(52-61-55(58)49-46-43-12-9-6-3)63-57(60)51-48-45-42-40-38-36-34-32-29-26-24-22-20-18-16-14-11-8-5-2/h7-8,10-11,15-18,21-24,27-29,32,36,38,42,45,54H,4-6,9,12-14,19-20,25-26,30-31,33-35,37,39-41,43-44,46-53H2,1-3H3/b10-7-,11-8-,17-15-,18-16-,23-21-,24-22-,28-27-,32-29-,38-36-,45-42-. The van der Waals surface area contributed by atoms with Gasteiger partial charge in [-0.2, -0.15) is 0 Å². The number of unbranched alkanes of at least 4 members (excludes halogenated alkanes) is 12. The number of allylic oxidation sites excluding steroid dienone is 20. The van der Waals surface area contributed by atoms with Crippen molar-refractivity contribution in [3.8, 4) is 0 Å². The Bertz CT molecular complexity index is 1370. The average Bonchev–Trinajstić information content (AvgIpc) is 3.28. The number of carbonyl (C=O) groups is 3. The second-order valence-corrected chi connectivity index (χ2v) is 16.0. The van der Waals surface area contributed by atoms with Gasteiger partial charge in [0.15, 0.2) is 6.10 Å². The number of hydrogen-bond donors (Lipinski definition) is 0. The summed E-state index contributed by atoms with van der Waals surface area (Å²) in [7, 11) is 0. The number of rotatable bonds is 43. The molecule has 0 N–H and O–H groups in total. The third kappa shape index (κ3) is 48.7. The third-order valence-electron chi connectivity index (χ3n) is 9.98. The fraction of sp³-hybridized carbons (Fsp3) is 0.596. The van der Waals surface area contributed by atoms with Crippen LogP contribution in [0.25, 0.3) is 0 Å². The van der Waals surface area contributed by atoms with E-state index < -0.39 is 12.1 Å². The summed E-state index contributed by atoms with van der Waals surface area (Å²) >= 11 is 0. The molecule has 0 saturated heterocycles. The molecule has 0 aromatic heterocycles. The van der Waals surface area contributed by atoms with Gasteiger partial charge in [0.2, 0.25) is 0 Å². The van der Waals surface area contributed by atoms with Crippen LogP contribution in [-0.2, 0) is 28.6 Å². The fourth-order valence-corrected chi connectivity index (χ4v) is 6.28. The van der Waals surface area contributed by atoms with Gasteiger partial charge in [0.05, 0.1) is 0 Å². The lowest BCUT2D eigenvalue weighted by Gasteiger charge is -2.18. The highest BCUT2D eigenvalue weighted by Gasteiger charge is 2.19. The van der Waals surface area contributed by atoms with E-state index in [1.54, 1.807) is 0 Å². The van der Waals surface area contributed by atoms with Gasteiger partial charge in [-0.1, -0.05) is 206 Å². The van der Waals surface area contributed by atoms with Crippen LogP contribution in [0.1, 0.15) is 201 Å². The van der Waals surface area contributed by atoms with Gasteiger partial charge < -0.3 is 14.2 Å². The summed E-state index contributed by atoms with van der Waals surface area (Å²) in [5, 5.41) is 0. The first-order valence-corrected chi connectivity index (χ1v) is 25.0. The van der Waals surface area contributed by atoms with Crippen molar-refractivity contribution < 1.29 is 28.6 Å². The number of ether oxygens (including phenoxy) is 3. The zero-order valence-corrected chi connectivity index (χ0v) is 40.3. The highest BCUT2D eigenvalue weighted by atomic mass is 16.6. The van der Waals surface area contributed by atoms with Gasteiger partial charge in [0.25, 0.3) is 0 Å². The van der Waals surface area contributed by atoms with Crippen molar-refractivity contribution in [1.82, 2.24) is 0 Å². The molecule has 6 nitrogen and oxygen atoms in total. The first-order valence-electron chi connectivity index (χ1n) is 25.0. The van der Waals surface area contributed by atoms with Crippen LogP contribution in [0.3, 0.4) is 0 Å². The molecule has 0 heterocycles. The predicted octanol–water partition coefficient (Wildman–Crippen LogP) is 16.5. The zero-order chi connectivity index (χ0) is 45.8. The minimum absolute atomic E-state index is 0.115. The van der Waals surface area contributed by atoms with Crippen LogP contribution >= 0.6 is 0 Å². The molecule has 1 unspecified atom stereocenters. The molecule has 0 aliphatic heterocycles. The lowest BCUT2D eigenvalue weighted by molar-refractivity contribution is -0.166. The minimum Gasteiger partial charge on any atom is -0.462 e. The quantitative estimate of drug-likeness (QED) is 0.0263. The Morgan fingerprint density at radius 3 is 1.03 bits per heavy atom. The number of esters is 3. The predicted molar refractivity (Wildman–Crippen MR) is 269 cm³/mol. The van der Waals surface area contributed by atoms with Crippen molar-refractivity contribution in [3.63, 3.8) is 0 Å². The second kappa shape index (κ2) is 50.5. The van der Waals surface area contributed by atoms with Gasteiger partial charge in [0, 0.05) is 19.3 Å². The summed E-state index contributed by atoms with van der Waals surface area (Å²) in [4.78, 5) is 37.6. The highest BCUT2D eigenvalue weighted by Crippen LogP contribution is 2.13. The molecule has 63 heavy (non-hydrogen) atoms. The number of hydrogen-bond acceptors (Lipinski definition) is 6. The molecule has 0 aliphatic rings. The summed E-state index contributed by atoms with van der Waals surface area (Å²) in [6, 6.07) is 0. The van der Waals surface area contributed by atoms with E-state index in [1.807, 2.05) is 12.2 Å². The maximum absolute atomic E-state index is 12.7. The first kappa shape index (κ1) is 58.8. The van der Waals surface area contributed by atoms with E-state index in [0.717, 1.165) is 122 Å². The van der Waals surface area contributed by atoms with Gasteiger partial charge in [0.1, 0.15) is 13.2 Å². The topological polar surface area (TPSA) is 78.9 Å². The zero-order valence-electron chi connectivity index (χ0n) is 40.3. The molecule has 0 saturated carbocycles. The van der Waals surface area contributed by atoms with Crippen LogP contribution in [0.2, 0.25) is 0 Å². The second-order valence-electron chi connectivity index (χ2n) is 16.0. The summed E-state index contributed by atoms with van der Waals surface area (Å²) in [6.45, 7) is 6.23. The van der Waals surface area contributed by atoms with Crippen molar-refractivity contribution in [2.24, 2.45) is 0 Å². The summed E-state index contributed by atoms with van der Waals surface area (Å²) < 4.78 is 16.6. The molecule has 0 radical (unpaired) electrons. The van der Waals surface area contributed by atoms with Crippen LogP contribution < -0.4 is 0 Å². The van der Waals surface area contributed by atoms with E-state index in [-0.39, 0.29) is 31.6 Å². The van der Waals surface area contributed by atoms with Crippen molar-refractivity contribution in [3.05, 3.63) is 122 Å². The molecule has 354 valence electrons. The molecule has 1 atom stereocenters. The SMILES string of the molecule is CC/C=C\C/C=C\C/C=C\C/C=C\C/C=C\C/C=C\CCC(=O)OC(COC(=O)CCCCCCC)COC(=O)CCCCCCCCCC/C=C\C/C=C\C/C=C\C/C=C\CC. The van der Waals surface area contributed by atoms with Crippen LogP contribution in [0.4, 0.5) is 0 Å². The molecule has 0 aromatic rings. The maximum atomic E-state index is 12.7. The van der Waals surface area contributed by atoms with Gasteiger partial charge in [-0.05, 0) is 96.3 Å². The minimum atomic E-state index is -0.821. The molecule has 0 bridgehead atoms. The number of carbonyl (C=O) groups excluding carboxylic acids is 3. The van der Waals surface area contributed by atoms with E-state index in [0.29, 0.717) is 19.3 Å². The lowest BCUT2D eigenvalue weighted by atomic mass is 10.1. The summed E-state index contributed by atoms with van der Waals surface area (Å²) in [6.07, 6.45) is 69.4. The van der Waals surface area contributed by atoms with Gasteiger partial charge in [-0.3, -0.25) is 14.4 Å². The Morgan fingerprint density at radius 1 is 0.333 bits per heavy atom. The van der Waals surface area contributed by atoms with Crippen molar-refractivity contribution in [2.75, 3.05) is 13.2 Å². The Morgan fingerprint density at radius 2 is 0.651 bits per heavy atom. The molecule has 0 rings (SSSR count). The average molecular weight is 871 g/mol. The van der Waals surface area contributed by atoms with E-state index >= 15 is 0 Å². The molecule has 0 aliphatic carbocycles. The van der Waals surface area contributed by atoms with Crippen molar-refractivity contribution in [1.29, 1.82) is 0 Å². The third-order valence-corrected chi connectivity index (χ3v) is 9.98. The summed E-state index contributed by atoms with van der Waals surface area (Å²) in [5.41, 5.74) is 0. The smallest absolute Gasteiger partial charge is 0.306 e. The monoisotopic (exact) mass is 871 g/mol. The van der Waals surface area contributed by atoms with Crippen LogP contribution in [-0.4, -0.2) is 37.2 Å². The van der Waals surface area contributed by atoms with Crippen LogP contribution in [0.15, 0.2) is 122 Å². The van der Waals surface area contributed by atoms with Gasteiger partial charge >= 0.3 is 17.9 Å². The van der Waals surface area contributed by atoms with Crippen LogP contribution in [0, 0.1) is 0 Å². The van der Waals surface area contributed by atoms with E-state index in [9.17, 15) is 14.4 Å². The maximum Gasteiger partial charge on any atom is 0.306 e. The normalized spacial score (nSPS) is 13.1. The largest absolute Gasteiger partial charge is 0.462 e. The Kier molecular flexibility index (Phi) is 47.1. The Hall–Kier alpha value is -4.19. The Labute approximate surface area is 386 Å². The lowest BCUT2D eigenvalue weighted by Crippen LogP contribution is -2.30. The molecule has 6 heteroatoms. The van der Waals surface area contributed by atoms with Crippen molar-refractivity contribution >= 4 is 17.9 Å². The van der Waals surface area contributed by atoms with Crippen LogP contribution in [0.5, 0.6) is 0 Å².